The minimum Gasteiger partial charge on any atom is -0.507 e. The lowest BCUT2D eigenvalue weighted by atomic mass is 10.2. The lowest BCUT2D eigenvalue weighted by molar-refractivity contribution is 0.0693. The molecule has 1 aliphatic heterocycles. The molecule has 0 aromatic heterocycles. The molecule has 110 valence electrons. The zero-order valence-electron chi connectivity index (χ0n) is 10.7. The zero-order valence-corrected chi connectivity index (χ0v) is 11.5. The van der Waals surface area contributed by atoms with E-state index in [2.05, 4.69) is 0 Å². The van der Waals surface area contributed by atoms with E-state index < -0.39 is 27.3 Å². The summed E-state index contributed by atoms with van der Waals surface area (Å²) in [6.07, 6.45) is 0.586. The maximum absolute atomic E-state index is 12.4. The summed E-state index contributed by atoms with van der Waals surface area (Å²) in [7, 11) is -3.78. The van der Waals surface area contributed by atoms with Crippen molar-refractivity contribution in [3.63, 3.8) is 0 Å². The van der Waals surface area contributed by atoms with Crippen LogP contribution in [-0.4, -0.2) is 55.2 Å². The van der Waals surface area contributed by atoms with Crippen LogP contribution in [0.5, 0.6) is 5.75 Å². The van der Waals surface area contributed by atoms with Gasteiger partial charge >= 0.3 is 5.97 Å². The van der Waals surface area contributed by atoms with Gasteiger partial charge in [-0.25, -0.2) is 13.2 Å². The van der Waals surface area contributed by atoms with Crippen molar-refractivity contribution in [3.8, 4) is 5.75 Å². The average molecular weight is 301 g/mol. The number of nitrogens with zero attached hydrogens (tertiary/aromatic N) is 1. The Hall–Kier alpha value is -1.64. The normalized spacial score (nSPS) is 17.6. The van der Waals surface area contributed by atoms with Gasteiger partial charge in [0.25, 0.3) is 0 Å². The van der Waals surface area contributed by atoms with Crippen molar-refractivity contribution in [2.24, 2.45) is 0 Å². The van der Waals surface area contributed by atoms with Gasteiger partial charge in [-0.2, -0.15) is 4.31 Å². The summed E-state index contributed by atoms with van der Waals surface area (Å²) in [5, 5.41) is 18.3. The Balaban J connectivity index is 2.38. The van der Waals surface area contributed by atoms with E-state index in [1.165, 1.54) is 10.4 Å². The van der Waals surface area contributed by atoms with Gasteiger partial charge in [0.1, 0.15) is 11.3 Å². The average Bonchev–Trinajstić information content (AvgIpc) is 2.67. The van der Waals surface area contributed by atoms with Crippen LogP contribution in [-0.2, 0) is 14.8 Å². The van der Waals surface area contributed by atoms with Gasteiger partial charge in [-0.05, 0) is 24.6 Å². The van der Waals surface area contributed by atoms with E-state index in [0.29, 0.717) is 26.2 Å². The molecule has 0 saturated carbocycles. The third-order valence-electron chi connectivity index (χ3n) is 3.02. The number of aromatic hydroxyl groups is 1. The van der Waals surface area contributed by atoms with E-state index in [0.717, 1.165) is 12.1 Å². The Morgan fingerprint density at radius 3 is 2.70 bits per heavy atom. The number of sulfonamides is 1. The van der Waals surface area contributed by atoms with Gasteiger partial charge in [0.05, 0.1) is 11.5 Å². The molecule has 0 radical (unpaired) electrons. The van der Waals surface area contributed by atoms with Crippen LogP contribution in [0.25, 0.3) is 0 Å². The number of hydrogen-bond acceptors (Lipinski definition) is 5. The van der Waals surface area contributed by atoms with Gasteiger partial charge in [-0.15, -0.1) is 0 Å². The number of aromatic carboxylic acids is 1. The van der Waals surface area contributed by atoms with E-state index >= 15 is 0 Å². The molecule has 0 amide bonds. The highest BCUT2D eigenvalue weighted by atomic mass is 32.2. The van der Waals surface area contributed by atoms with Crippen molar-refractivity contribution in [2.45, 2.75) is 11.3 Å². The second kappa shape index (κ2) is 5.78. The third kappa shape index (κ3) is 2.92. The first-order chi connectivity index (χ1) is 9.43. The molecule has 7 nitrogen and oxygen atoms in total. The predicted octanol–water partition coefficient (Wildman–Crippen LogP) is 0.501. The van der Waals surface area contributed by atoms with Gasteiger partial charge in [-0.3, -0.25) is 0 Å². The number of ether oxygens (including phenoxy) is 1. The van der Waals surface area contributed by atoms with Gasteiger partial charge in [0.2, 0.25) is 10.0 Å². The fraction of sp³-hybridized carbons (Fsp3) is 0.417. The van der Waals surface area contributed by atoms with Gasteiger partial charge < -0.3 is 14.9 Å². The van der Waals surface area contributed by atoms with Crippen LogP contribution in [0.4, 0.5) is 0 Å². The van der Waals surface area contributed by atoms with Crippen molar-refractivity contribution in [2.75, 3.05) is 26.3 Å². The maximum atomic E-state index is 12.4. The molecule has 0 atom stereocenters. The summed E-state index contributed by atoms with van der Waals surface area (Å²) in [4.78, 5) is 10.8. The van der Waals surface area contributed by atoms with E-state index in [1.807, 2.05) is 0 Å². The van der Waals surface area contributed by atoms with Crippen molar-refractivity contribution in [3.05, 3.63) is 23.8 Å². The van der Waals surface area contributed by atoms with Crippen molar-refractivity contribution in [1.82, 2.24) is 4.31 Å². The molecule has 1 fully saturated rings. The highest BCUT2D eigenvalue weighted by Gasteiger charge is 2.26. The number of benzene rings is 1. The molecule has 20 heavy (non-hydrogen) atoms. The molecular weight excluding hydrogens is 286 g/mol. The molecule has 2 N–H and O–H groups in total. The Morgan fingerprint density at radius 1 is 1.25 bits per heavy atom. The largest absolute Gasteiger partial charge is 0.507 e. The van der Waals surface area contributed by atoms with Crippen molar-refractivity contribution >= 4 is 16.0 Å². The van der Waals surface area contributed by atoms with Crippen molar-refractivity contribution in [1.29, 1.82) is 0 Å². The number of hydrogen-bond donors (Lipinski definition) is 2. The number of carboxylic acids is 1. The monoisotopic (exact) mass is 301 g/mol. The molecule has 1 heterocycles. The highest BCUT2D eigenvalue weighted by Crippen LogP contribution is 2.24. The summed E-state index contributed by atoms with van der Waals surface area (Å²) < 4.78 is 31.3. The van der Waals surface area contributed by atoms with E-state index in [9.17, 15) is 18.3 Å². The Labute approximate surface area is 116 Å². The van der Waals surface area contributed by atoms with E-state index in [1.54, 1.807) is 0 Å². The first kappa shape index (κ1) is 14.8. The standard InChI is InChI=1S/C12H15NO6S/c14-11-3-2-9(8-10(11)12(15)16)20(17,18)13-4-1-6-19-7-5-13/h2-3,8,14H,1,4-7H2,(H,15,16). The minimum atomic E-state index is -3.78. The Morgan fingerprint density at radius 2 is 2.00 bits per heavy atom. The second-order valence-corrected chi connectivity index (χ2v) is 6.29. The molecule has 1 aliphatic rings. The fourth-order valence-corrected chi connectivity index (χ4v) is 3.45. The molecular formula is C12H15NO6S. The van der Waals surface area contributed by atoms with Gasteiger partial charge in [0.15, 0.2) is 0 Å². The molecule has 0 unspecified atom stereocenters. The molecule has 1 aromatic carbocycles. The van der Waals surface area contributed by atoms with Crippen molar-refractivity contribution < 1.29 is 28.2 Å². The molecule has 2 rings (SSSR count). The predicted molar refractivity (Wildman–Crippen MR) is 69.3 cm³/mol. The molecule has 0 spiro atoms. The van der Waals surface area contributed by atoms with Crippen LogP contribution in [0.2, 0.25) is 0 Å². The molecule has 1 aromatic rings. The fourth-order valence-electron chi connectivity index (χ4n) is 1.96. The van der Waals surface area contributed by atoms with Crippen LogP contribution in [0, 0.1) is 0 Å². The topological polar surface area (TPSA) is 104 Å². The number of phenols is 1. The van der Waals surface area contributed by atoms with Gasteiger partial charge in [-0.1, -0.05) is 0 Å². The molecule has 1 saturated heterocycles. The summed E-state index contributed by atoms with van der Waals surface area (Å²) in [6.45, 7) is 1.36. The first-order valence-corrected chi connectivity index (χ1v) is 7.51. The number of rotatable bonds is 3. The van der Waals surface area contributed by atoms with Gasteiger partial charge in [0, 0.05) is 19.7 Å². The third-order valence-corrected chi connectivity index (χ3v) is 4.91. The van der Waals surface area contributed by atoms with E-state index in [-0.39, 0.29) is 11.4 Å². The number of carboxylic acid groups (broad SMARTS) is 1. The molecule has 8 heteroatoms. The Kier molecular flexibility index (Phi) is 4.26. The SMILES string of the molecule is O=C(O)c1cc(S(=O)(=O)N2CCCOCC2)ccc1O. The van der Waals surface area contributed by atoms with Crippen LogP contribution in [0.1, 0.15) is 16.8 Å². The minimum absolute atomic E-state index is 0.144. The summed E-state index contributed by atoms with van der Waals surface area (Å²) in [5.41, 5.74) is -0.433. The molecule has 0 bridgehead atoms. The summed E-state index contributed by atoms with van der Waals surface area (Å²) >= 11 is 0. The molecule has 0 aliphatic carbocycles. The lowest BCUT2D eigenvalue weighted by Crippen LogP contribution is -2.33. The smallest absolute Gasteiger partial charge is 0.339 e. The summed E-state index contributed by atoms with van der Waals surface area (Å²) in [6, 6.07) is 3.24. The number of carbonyl (C=O) groups is 1. The van der Waals surface area contributed by atoms with Crippen LogP contribution < -0.4 is 0 Å². The quantitative estimate of drug-likeness (QED) is 0.842. The van der Waals surface area contributed by atoms with Crippen LogP contribution >= 0.6 is 0 Å². The van der Waals surface area contributed by atoms with Crippen LogP contribution in [0.15, 0.2) is 23.1 Å². The maximum Gasteiger partial charge on any atom is 0.339 e. The highest BCUT2D eigenvalue weighted by molar-refractivity contribution is 7.89. The lowest BCUT2D eigenvalue weighted by Gasteiger charge is -2.19. The van der Waals surface area contributed by atoms with Crippen LogP contribution in [0.3, 0.4) is 0 Å². The van der Waals surface area contributed by atoms with E-state index in [4.69, 9.17) is 9.84 Å². The second-order valence-electron chi connectivity index (χ2n) is 4.35. The first-order valence-electron chi connectivity index (χ1n) is 6.07. The summed E-state index contributed by atoms with van der Waals surface area (Å²) in [5.74, 6) is -1.84. The Bertz CT molecular complexity index is 604. The zero-order chi connectivity index (χ0) is 14.8.